The van der Waals surface area contributed by atoms with Gasteiger partial charge in [-0.3, -0.25) is 32.5 Å². The van der Waals surface area contributed by atoms with Crippen LogP contribution in [0.5, 0.6) is 0 Å². The highest BCUT2D eigenvalue weighted by molar-refractivity contribution is 7.47. The van der Waals surface area contributed by atoms with Crippen LogP contribution in [0.4, 0.5) is 0 Å². The predicted molar refractivity (Wildman–Crippen MR) is 426 cm³/mol. The van der Waals surface area contributed by atoms with E-state index >= 15 is 0 Å². The molecule has 0 aliphatic carbocycles. The van der Waals surface area contributed by atoms with Crippen LogP contribution in [-0.4, -0.2) is 95.9 Å². The Kier molecular flexibility index (Phi) is 73.6. The van der Waals surface area contributed by atoms with Crippen molar-refractivity contribution in [1.82, 2.24) is 0 Å². The van der Waals surface area contributed by atoms with Crippen molar-refractivity contribution in [2.24, 2.45) is 0 Å². The van der Waals surface area contributed by atoms with E-state index in [1.165, 1.54) is 83.5 Å². The standard InChI is InChI=1S/C85H144O16P2/c1-4-7-10-13-16-19-22-25-28-30-32-34-36-38-39-41-43-44-46-48-51-53-56-59-62-65-68-71-83(88)95-74-80(86)75-97-102(91,92)98-76-81(87)77-99-103(93,94)100-79-82(101-85(90)73-70-67-64-61-58-55-50-27-24-21-18-15-12-9-6-3)78-96-84(89)72-69-66-63-60-57-54-52-49-47-45-42-40-37-35-33-31-29-26-23-20-17-14-11-8-5-2/h7-8,10-11,16-17,19-20,25-26,28-29,32-35,38-40,42-44,47,49,80-82,86-87H,4-6,9,12-15,18,21-24,27,30-31,36-37,41,45-46,48,50-79H2,1-3H3,(H,91,92)(H,93,94)/b10-7-,11-8-,19-16-,20-17-,28-25-,29-26-,34-32-,35-33-,39-38-,42-40-,44-43-,49-47-. The molecule has 0 heterocycles. The lowest BCUT2D eigenvalue weighted by Crippen LogP contribution is -2.30. The average molecular weight is 1480 g/mol. The van der Waals surface area contributed by atoms with E-state index in [4.69, 9.17) is 32.3 Å². The molecule has 16 nitrogen and oxygen atoms in total. The molecule has 0 aromatic heterocycles. The third-order valence-corrected chi connectivity index (χ3v) is 18.5. The monoisotopic (exact) mass is 1480 g/mol. The number of allylic oxidation sites excluding steroid dienone is 24. The van der Waals surface area contributed by atoms with Gasteiger partial charge in [-0.1, -0.05) is 321 Å². The zero-order valence-corrected chi connectivity index (χ0v) is 66.2. The Balaban J connectivity index is 4.61. The number of hydrogen-bond donors (Lipinski definition) is 4. The molecule has 5 unspecified atom stereocenters. The fourth-order valence-corrected chi connectivity index (χ4v) is 12.1. The second kappa shape index (κ2) is 77.1. The SMILES string of the molecule is CC/C=C\C/C=C\C/C=C\C/C=C\C/C=C\C/C=C\CCCCCCCCCCC(=O)OCC(O)COP(=O)(O)OCC(O)COP(=O)(O)OCC(COC(=O)CCCCCCCC/C=C\C/C=C\C/C=C\C/C=C\C/C=C\C/C=C\CC)OC(=O)CCCCCCCCCCCCCCCCC. The summed E-state index contributed by atoms with van der Waals surface area (Å²) < 4.78 is 61.2. The highest BCUT2D eigenvalue weighted by Crippen LogP contribution is 2.45. The molecule has 4 N–H and O–H groups in total. The van der Waals surface area contributed by atoms with Gasteiger partial charge in [0.1, 0.15) is 25.4 Å². The molecule has 0 saturated carbocycles. The number of esters is 3. The van der Waals surface area contributed by atoms with Gasteiger partial charge in [-0.05, 0) is 122 Å². The van der Waals surface area contributed by atoms with E-state index < -0.39 is 91.5 Å². The number of carbonyl (C=O) groups is 3. The third kappa shape index (κ3) is 78.3. The second-order valence-electron chi connectivity index (χ2n) is 26.5. The number of phosphoric ester groups is 2. The van der Waals surface area contributed by atoms with E-state index in [0.29, 0.717) is 19.3 Å². The van der Waals surface area contributed by atoms with Gasteiger partial charge in [0.2, 0.25) is 0 Å². The maximum atomic E-state index is 13.0. The molecule has 0 aromatic rings. The summed E-state index contributed by atoms with van der Waals surface area (Å²) in [6.45, 7) is 2.45. The Morgan fingerprint density at radius 1 is 0.282 bits per heavy atom. The summed E-state index contributed by atoms with van der Waals surface area (Å²) in [5.74, 6) is -1.59. The van der Waals surface area contributed by atoms with Crippen molar-refractivity contribution in [2.75, 3.05) is 39.6 Å². The number of phosphoric acid groups is 2. The van der Waals surface area contributed by atoms with Crippen molar-refractivity contribution in [1.29, 1.82) is 0 Å². The van der Waals surface area contributed by atoms with E-state index in [9.17, 15) is 43.5 Å². The number of aliphatic hydroxyl groups excluding tert-OH is 2. The van der Waals surface area contributed by atoms with Crippen molar-refractivity contribution < 1.29 is 75.8 Å². The van der Waals surface area contributed by atoms with E-state index in [1.807, 2.05) is 0 Å². The molecule has 0 radical (unpaired) electrons. The highest BCUT2D eigenvalue weighted by atomic mass is 31.2. The first kappa shape index (κ1) is 98.4. The summed E-state index contributed by atoms with van der Waals surface area (Å²) in [4.78, 5) is 58.7. The molecule has 0 aromatic carbocycles. The molecule has 5 atom stereocenters. The Hall–Kier alpha value is -4.57. The van der Waals surface area contributed by atoms with Gasteiger partial charge in [-0.2, -0.15) is 0 Å². The minimum absolute atomic E-state index is 0.101. The summed E-state index contributed by atoms with van der Waals surface area (Å²) in [5.41, 5.74) is 0. The topological polar surface area (TPSA) is 231 Å². The average Bonchev–Trinajstić information content (AvgIpc) is 0.922. The zero-order valence-electron chi connectivity index (χ0n) is 64.4. The van der Waals surface area contributed by atoms with E-state index in [1.54, 1.807) is 0 Å². The first-order valence-corrected chi connectivity index (χ1v) is 43.1. The van der Waals surface area contributed by atoms with Crippen molar-refractivity contribution in [3.8, 4) is 0 Å². The van der Waals surface area contributed by atoms with E-state index in [-0.39, 0.29) is 19.3 Å². The summed E-state index contributed by atoms with van der Waals surface area (Å²) >= 11 is 0. The molecule has 0 aliphatic rings. The van der Waals surface area contributed by atoms with Gasteiger partial charge >= 0.3 is 33.6 Å². The molecule has 0 aliphatic heterocycles. The Morgan fingerprint density at radius 2 is 0.515 bits per heavy atom. The van der Waals surface area contributed by atoms with Gasteiger partial charge < -0.3 is 34.2 Å². The number of aliphatic hydroxyl groups is 2. The van der Waals surface area contributed by atoms with Crippen molar-refractivity contribution in [2.45, 2.75) is 334 Å². The van der Waals surface area contributed by atoms with Crippen LogP contribution in [0.25, 0.3) is 0 Å². The van der Waals surface area contributed by atoms with Crippen molar-refractivity contribution >= 4 is 33.6 Å². The lowest BCUT2D eigenvalue weighted by Gasteiger charge is -2.21. The molecule has 0 fully saturated rings. The Bertz CT molecular complexity index is 2450. The van der Waals surface area contributed by atoms with Gasteiger partial charge in [0.15, 0.2) is 6.10 Å². The van der Waals surface area contributed by atoms with Crippen LogP contribution in [0.15, 0.2) is 146 Å². The van der Waals surface area contributed by atoms with Crippen LogP contribution in [0.3, 0.4) is 0 Å². The molecular weight excluding hydrogens is 1340 g/mol. The predicted octanol–water partition coefficient (Wildman–Crippen LogP) is 23.7. The number of carbonyl (C=O) groups excluding carboxylic acids is 3. The Morgan fingerprint density at radius 3 is 0.816 bits per heavy atom. The van der Waals surface area contributed by atoms with Crippen LogP contribution in [0, 0.1) is 0 Å². The molecule has 0 spiro atoms. The summed E-state index contributed by atoms with van der Waals surface area (Å²) in [6.07, 6.45) is 94.5. The van der Waals surface area contributed by atoms with Gasteiger partial charge in [-0.15, -0.1) is 0 Å². The lowest BCUT2D eigenvalue weighted by molar-refractivity contribution is -0.161. The van der Waals surface area contributed by atoms with Crippen LogP contribution >= 0.6 is 15.6 Å². The fourth-order valence-electron chi connectivity index (χ4n) is 10.5. The van der Waals surface area contributed by atoms with E-state index in [0.717, 1.165) is 173 Å². The van der Waals surface area contributed by atoms with Gasteiger partial charge in [0.05, 0.1) is 26.4 Å². The molecule has 18 heteroatoms. The summed E-state index contributed by atoms with van der Waals surface area (Å²) in [5, 5.41) is 20.6. The van der Waals surface area contributed by atoms with Crippen LogP contribution in [0.2, 0.25) is 0 Å². The maximum Gasteiger partial charge on any atom is 0.472 e. The second-order valence-corrected chi connectivity index (χ2v) is 29.4. The normalized spacial score (nSPS) is 14.7. The third-order valence-electron chi connectivity index (χ3n) is 16.6. The van der Waals surface area contributed by atoms with Gasteiger partial charge in [0.25, 0.3) is 0 Å². The van der Waals surface area contributed by atoms with Crippen LogP contribution in [-0.2, 0) is 55.8 Å². The molecule has 0 bridgehead atoms. The smallest absolute Gasteiger partial charge is 0.463 e. The quantitative estimate of drug-likeness (QED) is 0.0146. The largest absolute Gasteiger partial charge is 0.472 e. The summed E-state index contributed by atoms with van der Waals surface area (Å²) in [7, 11) is -9.80. The molecule has 590 valence electrons. The van der Waals surface area contributed by atoms with Crippen molar-refractivity contribution in [3.63, 3.8) is 0 Å². The van der Waals surface area contributed by atoms with Gasteiger partial charge in [-0.25, -0.2) is 9.13 Å². The van der Waals surface area contributed by atoms with Crippen LogP contribution < -0.4 is 0 Å². The summed E-state index contributed by atoms with van der Waals surface area (Å²) in [6, 6.07) is 0. The minimum atomic E-state index is -4.94. The molecular formula is C85H144O16P2. The first-order chi connectivity index (χ1) is 50.2. The highest BCUT2D eigenvalue weighted by Gasteiger charge is 2.29. The molecule has 0 amide bonds. The Labute approximate surface area is 626 Å². The number of rotatable bonds is 75. The number of unbranched alkanes of at least 4 members (excludes halogenated alkanes) is 28. The molecule has 0 rings (SSSR count). The maximum absolute atomic E-state index is 13.0. The number of ether oxygens (including phenoxy) is 3. The fraction of sp³-hybridized carbons (Fsp3) is 0.682. The zero-order chi connectivity index (χ0) is 75.2. The van der Waals surface area contributed by atoms with Crippen LogP contribution in [0.1, 0.15) is 316 Å². The first-order valence-electron chi connectivity index (χ1n) is 40.1. The van der Waals surface area contributed by atoms with Crippen molar-refractivity contribution in [3.05, 3.63) is 146 Å². The van der Waals surface area contributed by atoms with Gasteiger partial charge in [0, 0.05) is 19.3 Å². The van der Waals surface area contributed by atoms with E-state index in [2.05, 4.69) is 167 Å². The minimum Gasteiger partial charge on any atom is -0.463 e. The molecule has 103 heavy (non-hydrogen) atoms. The number of hydrogen-bond acceptors (Lipinski definition) is 14. The molecule has 0 saturated heterocycles. The lowest BCUT2D eigenvalue weighted by atomic mass is 10.0.